The van der Waals surface area contributed by atoms with E-state index in [-0.39, 0.29) is 0 Å². The molecular weight excluding hydrogens is 422 g/mol. The zero-order valence-corrected chi connectivity index (χ0v) is 18.4. The molecule has 8 rings (SSSR count). The van der Waals surface area contributed by atoms with Crippen LogP contribution in [0.5, 0.6) is 0 Å². The van der Waals surface area contributed by atoms with Crippen molar-refractivity contribution in [1.82, 2.24) is 4.57 Å². The van der Waals surface area contributed by atoms with Crippen LogP contribution in [-0.2, 0) is 0 Å². The fraction of sp³-hybridized carbons (Fsp3) is 0. The molecule has 0 unspecified atom stereocenters. The first-order valence-electron chi connectivity index (χ1n) is 11.1. The molecule has 3 heterocycles. The first kappa shape index (κ1) is 17.6. The predicted molar refractivity (Wildman–Crippen MR) is 138 cm³/mol. The molecule has 0 atom stereocenters. The number of para-hydroxylation sites is 4. The zero-order chi connectivity index (χ0) is 21.5. The quantitative estimate of drug-likeness (QED) is 0.254. The minimum absolute atomic E-state index is 0.928. The van der Waals surface area contributed by atoms with Crippen molar-refractivity contribution < 1.29 is 4.42 Å². The lowest BCUT2D eigenvalue weighted by atomic mass is 9.97. The van der Waals surface area contributed by atoms with E-state index in [0.29, 0.717) is 0 Å². The number of hydrogen-bond donors (Lipinski definition) is 0. The van der Waals surface area contributed by atoms with Gasteiger partial charge in [0.15, 0.2) is 0 Å². The summed E-state index contributed by atoms with van der Waals surface area (Å²) in [5.41, 5.74) is 8.10. The number of furan rings is 1. The van der Waals surface area contributed by atoms with E-state index < -0.39 is 0 Å². The third-order valence-corrected chi connectivity index (χ3v) is 7.91. The third-order valence-electron chi connectivity index (χ3n) is 6.79. The first-order chi connectivity index (χ1) is 16.4. The summed E-state index contributed by atoms with van der Waals surface area (Å²) in [5.74, 6) is 0. The lowest BCUT2D eigenvalue weighted by Crippen LogP contribution is -2.02. The molecule has 2 aromatic heterocycles. The summed E-state index contributed by atoms with van der Waals surface area (Å²) in [6.45, 7) is 0. The molecule has 0 radical (unpaired) electrons. The van der Waals surface area contributed by atoms with Gasteiger partial charge in [-0.3, -0.25) is 0 Å². The molecule has 3 heteroatoms. The van der Waals surface area contributed by atoms with E-state index >= 15 is 0 Å². The molecule has 0 N–H and O–H groups in total. The van der Waals surface area contributed by atoms with Crippen molar-refractivity contribution in [3.63, 3.8) is 0 Å². The zero-order valence-electron chi connectivity index (χ0n) is 17.6. The Bertz CT molecular complexity index is 1910. The van der Waals surface area contributed by atoms with E-state index in [1.54, 1.807) is 0 Å². The van der Waals surface area contributed by atoms with Crippen molar-refractivity contribution >= 4 is 55.5 Å². The van der Waals surface area contributed by atoms with Crippen molar-refractivity contribution in [2.45, 2.75) is 9.79 Å². The monoisotopic (exact) mass is 439 g/mol. The van der Waals surface area contributed by atoms with Crippen molar-refractivity contribution in [1.29, 1.82) is 0 Å². The number of benzene rings is 5. The fourth-order valence-corrected chi connectivity index (χ4v) is 6.56. The number of hydrogen-bond acceptors (Lipinski definition) is 2. The maximum absolute atomic E-state index is 6.22. The molecule has 0 spiro atoms. The summed E-state index contributed by atoms with van der Waals surface area (Å²) in [4.78, 5) is 2.59. The SMILES string of the molecule is c1ccc2c(c1)Sc1cccc3c4cccc(-c5cccc6oc7ccccc7c56)c4n-2c13. The van der Waals surface area contributed by atoms with E-state index in [4.69, 9.17) is 4.42 Å². The Kier molecular flexibility index (Phi) is 3.36. The maximum Gasteiger partial charge on any atom is 0.136 e. The second-order valence-corrected chi connectivity index (χ2v) is 9.62. The van der Waals surface area contributed by atoms with Gasteiger partial charge in [-0.15, -0.1) is 0 Å². The van der Waals surface area contributed by atoms with Crippen molar-refractivity contribution in [3.05, 3.63) is 103 Å². The molecule has 0 saturated heterocycles. The van der Waals surface area contributed by atoms with Gasteiger partial charge in [-0.2, -0.15) is 0 Å². The fourth-order valence-electron chi connectivity index (χ4n) is 5.47. The molecule has 2 nitrogen and oxygen atoms in total. The predicted octanol–water partition coefficient (Wildman–Crippen LogP) is 8.81. The van der Waals surface area contributed by atoms with Gasteiger partial charge >= 0.3 is 0 Å². The Labute approximate surface area is 194 Å². The molecule has 154 valence electrons. The Balaban J connectivity index is 1.60. The summed E-state index contributed by atoms with van der Waals surface area (Å²) < 4.78 is 8.69. The largest absolute Gasteiger partial charge is 0.456 e. The highest BCUT2D eigenvalue weighted by atomic mass is 32.2. The Morgan fingerprint density at radius 1 is 0.515 bits per heavy atom. The minimum atomic E-state index is 0.928. The van der Waals surface area contributed by atoms with Gasteiger partial charge in [-0.25, -0.2) is 0 Å². The van der Waals surface area contributed by atoms with Crippen molar-refractivity contribution in [2.75, 3.05) is 0 Å². The minimum Gasteiger partial charge on any atom is -0.456 e. The molecule has 1 aliphatic rings. The lowest BCUT2D eigenvalue weighted by Gasteiger charge is -2.20. The van der Waals surface area contributed by atoms with Crippen molar-refractivity contribution in [3.8, 4) is 16.8 Å². The van der Waals surface area contributed by atoms with E-state index in [0.717, 1.165) is 16.6 Å². The van der Waals surface area contributed by atoms with E-state index in [1.165, 1.54) is 53.8 Å². The number of aromatic nitrogens is 1. The summed E-state index contributed by atoms with van der Waals surface area (Å²) in [7, 11) is 0. The molecule has 0 saturated carbocycles. The van der Waals surface area contributed by atoms with Crippen LogP contribution in [0, 0.1) is 0 Å². The number of nitrogens with zero attached hydrogens (tertiary/aromatic N) is 1. The van der Waals surface area contributed by atoms with Crippen molar-refractivity contribution in [2.24, 2.45) is 0 Å². The summed E-state index contributed by atoms with van der Waals surface area (Å²) in [5, 5.41) is 4.92. The second-order valence-electron chi connectivity index (χ2n) is 8.54. The molecule has 0 amide bonds. The molecule has 0 bridgehead atoms. The van der Waals surface area contributed by atoms with E-state index in [1.807, 2.05) is 17.8 Å². The van der Waals surface area contributed by atoms with Crippen LogP contribution in [0.25, 0.3) is 60.6 Å². The molecule has 33 heavy (non-hydrogen) atoms. The molecule has 0 aliphatic carbocycles. The standard InChI is InChI=1S/C30H17NOS/c1-3-14-24-22(8-1)28-18(9-6-15-25(28)32-24)19-10-5-11-20-21-12-7-17-27-30(21)31(29(19)20)23-13-2-4-16-26(23)33-27/h1-17H. The van der Waals surface area contributed by atoms with E-state index in [2.05, 4.69) is 102 Å². The van der Waals surface area contributed by atoms with Crippen LogP contribution >= 0.6 is 11.8 Å². The highest BCUT2D eigenvalue weighted by Gasteiger charge is 2.25. The van der Waals surface area contributed by atoms with Crippen LogP contribution in [0.1, 0.15) is 0 Å². The number of rotatable bonds is 1. The average molecular weight is 440 g/mol. The smallest absolute Gasteiger partial charge is 0.136 e. The Hall–Kier alpha value is -3.95. The highest BCUT2D eigenvalue weighted by molar-refractivity contribution is 7.99. The highest BCUT2D eigenvalue weighted by Crippen LogP contribution is 2.49. The molecule has 1 aliphatic heterocycles. The Morgan fingerprint density at radius 2 is 1.18 bits per heavy atom. The van der Waals surface area contributed by atoms with Gasteiger partial charge in [-0.1, -0.05) is 84.6 Å². The van der Waals surface area contributed by atoms with Crippen LogP contribution in [-0.4, -0.2) is 4.57 Å². The normalized spacial score (nSPS) is 12.7. The van der Waals surface area contributed by atoms with E-state index in [9.17, 15) is 0 Å². The molecule has 5 aromatic carbocycles. The van der Waals surface area contributed by atoms with Gasteiger partial charge in [0, 0.05) is 36.9 Å². The Morgan fingerprint density at radius 3 is 2.15 bits per heavy atom. The molecule has 0 fully saturated rings. The van der Waals surface area contributed by atoms with Gasteiger partial charge in [-0.05, 0) is 35.9 Å². The number of fused-ring (bicyclic) bond motifs is 8. The summed E-state index contributed by atoms with van der Waals surface area (Å²) in [6.07, 6.45) is 0. The van der Waals surface area contributed by atoms with Gasteiger partial charge < -0.3 is 8.98 Å². The second kappa shape index (κ2) is 6.31. The maximum atomic E-state index is 6.22. The summed E-state index contributed by atoms with van der Waals surface area (Å²) >= 11 is 1.86. The van der Waals surface area contributed by atoms with Crippen LogP contribution in [0.4, 0.5) is 0 Å². The van der Waals surface area contributed by atoms with Crippen LogP contribution in [0.2, 0.25) is 0 Å². The topological polar surface area (TPSA) is 18.1 Å². The van der Waals surface area contributed by atoms with Gasteiger partial charge in [0.25, 0.3) is 0 Å². The molecule has 7 aromatic rings. The van der Waals surface area contributed by atoms with Gasteiger partial charge in [0.1, 0.15) is 11.2 Å². The van der Waals surface area contributed by atoms with Gasteiger partial charge in [0.05, 0.1) is 16.7 Å². The van der Waals surface area contributed by atoms with Crippen LogP contribution in [0.3, 0.4) is 0 Å². The van der Waals surface area contributed by atoms with Crippen LogP contribution < -0.4 is 0 Å². The molecular formula is C30H17NOS. The lowest BCUT2D eigenvalue weighted by molar-refractivity contribution is 0.669. The van der Waals surface area contributed by atoms with Crippen LogP contribution in [0.15, 0.2) is 117 Å². The first-order valence-corrected chi connectivity index (χ1v) is 11.9. The average Bonchev–Trinajstić information content (AvgIpc) is 3.42. The van der Waals surface area contributed by atoms with Gasteiger partial charge in [0.2, 0.25) is 0 Å². The summed E-state index contributed by atoms with van der Waals surface area (Å²) in [6, 6.07) is 36.8. The third kappa shape index (κ3) is 2.25.